The van der Waals surface area contributed by atoms with Crippen LogP contribution in [0.2, 0.25) is 0 Å². The fraction of sp³-hybridized carbons (Fsp3) is 1.00. The summed E-state index contributed by atoms with van der Waals surface area (Å²) in [7, 11) is 1.27. The molecule has 2 fully saturated rings. The third-order valence-electron chi connectivity index (χ3n) is 4.73. The van der Waals surface area contributed by atoms with Gasteiger partial charge in [-0.15, -0.1) is 0 Å². The first-order valence-corrected chi connectivity index (χ1v) is 8.18. The van der Waals surface area contributed by atoms with Gasteiger partial charge in [-0.25, -0.2) is 0 Å². The molecule has 2 rings (SSSR count). The lowest BCUT2D eigenvalue weighted by atomic mass is 9.90. The van der Waals surface area contributed by atoms with Crippen molar-refractivity contribution < 1.29 is 44.5 Å². The van der Waals surface area contributed by atoms with E-state index in [-0.39, 0.29) is 6.54 Å². The number of aliphatic hydroxyl groups excluding tert-OH is 5. The lowest BCUT2D eigenvalue weighted by molar-refractivity contribution is -0.351. The zero-order valence-corrected chi connectivity index (χ0v) is 14.4. The van der Waals surface area contributed by atoms with Crippen LogP contribution in [0.3, 0.4) is 0 Å². The largest absolute Gasteiger partial charge is 0.394 e. The zero-order chi connectivity index (χ0) is 19.4. The Labute approximate surface area is 149 Å². The van der Waals surface area contributed by atoms with Crippen LogP contribution in [0.15, 0.2) is 5.11 Å². The quantitative estimate of drug-likeness (QED) is 0.195. The van der Waals surface area contributed by atoms with E-state index in [4.69, 9.17) is 24.5 Å². The van der Waals surface area contributed by atoms with E-state index in [1.54, 1.807) is 6.92 Å². The Balaban J connectivity index is 2.14. The molecule has 0 aliphatic carbocycles. The molecule has 10 atom stereocenters. The molecule has 4 unspecified atom stereocenters. The molecule has 0 saturated carbocycles. The predicted molar refractivity (Wildman–Crippen MR) is 83.5 cm³/mol. The van der Waals surface area contributed by atoms with Crippen molar-refractivity contribution in [3.63, 3.8) is 0 Å². The maximum absolute atomic E-state index is 10.3. The molecule has 5 N–H and O–H groups in total. The van der Waals surface area contributed by atoms with Gasteiger partial charge < -0.3 is 44.5 Å². The second kappa shape index (κ2) is 9.24. The van der Waals surface area contributed by atoms with E-state index in [2.05, 4.69) is 10.0 Å². The van der Waals surface area contributed by atoms with Crippen molar-refractivity contribution in [2.24, 2.45) is 11.0 Å². The second-order valence-corrected chi connectivity index (χ2v) is 6.34. The third-order valence-corrected chi connectivity index (χ3v) is 4.73. The van der Waals surface area contributed by atoms with Crippen molar-refractivity contribution in [3.8, 4) is 0 Å². The summed E-state index contributed by atoms with van der Waals surface area (Å²) in [6.45, 7) is 0.963. The molecule has 12 nitrogen and oxygen atoms in total. The van der Waals surface area contributed by atoms with E-state index in [1.807, 2.05) is 0 Å². The highest BCUT2D eigenvalue weighted by Crippen LogP contribution is 2.31. The average Bonchev–Trinajstić information content (AvgIpc) is 2.64. The lowest BCUT2D eigenvalue weighted by Crippen LogP contribution is -2.63. The van der Waals surface area contributed by atoms with Gasteiger partial charge >= 0.3 is 0 Å². The van der Waals surface area contributed by atoms with Crippen LogP contribution in [0.4, 0.5) is 0 Å². The average molecular weight is 379 g/mol. The summed E-state index contributed by atoms with van der Waals surface area (Å²) in [6, 6.07) is 0. The maximum atomic E-state index is 10.3. The summed E-state index contributed by atoms with van der Waals surface area (Å²) in [5.74, 6) is -0.542. The number of nitrogens with zero attached hydrogens (tertiary/aromatic N) is 3. The van der Waals surface area contributed by atoms with Crippen LogP contribution in [0.1, 0.15) is 6.92 Å². The third kappa shape index (κ3) is 4.26. The van der Waals surface area contributed by atoms with Crippen molar-refractivity contribution in [2.75, 3.05) is 20.3 Å². The number of aliphatic hydroxyl groups is 5. The Bertz CT molecular complexity index is 504. The van der Waals surface area contributed by atoms with E-state index >= 15 is 0 Å². The van der Waals surface area contributed by atoms with Crippen LogP contribution in [0.5, 0.6) is 0 Å². The monoisotopic (exact) mass is 379 g/mol. The fourth-order valence-electron chi connectivity index (χ4n) is 3.08. The van der Waals surface area contributed by atoms with Crippen LogP contribution in [-0.4, -0.2) is 101 Å². The Morgan fingerprint density at radius 3 is 2.19 bits per heavy atom. The molecular weight excluding hydrogens is 354 g/mol. The molecule has 150 valence electrons. The van der Waals surface area contributed by atoms with Crippen molar-refractivity contribution in [1.29, 1.82) is 0 Å². The summed E-state index contributed by atoms with van der Waals surface area (Å²) in [5.41, 5.74) is 8.45. The summed E-state index contributed by atoms with van der Waals surface area (Å²) in [6.07, 6.45) is -11.3. The second-order valence-electron chi connectivity index (χ2n) is 6.34. The van der Waals surface area contributed by atoms with Crippen LogP contribution < -0.4 is 0 Å². The summed E-state index contributed by atoms with van der Waals surface area (Å²) >= 11 is 0. The van der Waals surface area contributed by atoms with Gasteiger partial charge in [-0.2, -0.15) is 0 Å². The molecule has 0 bridgehead atoms. The number of hydrogen-bond acceptors (Lipinski definition) is 10. The van der Waals surface area contributed by atoms with Gasteiger partial charge in [0.05, 0.1) is 25.4 Å². The van der Waals surface area contributed by atoms with E-state index in [0.717, 1.165) is 0 Å². The van der Waals surface area contributed by atoms with Gasteiger partial charge in [-0.05, 0) is 5.53 Å². The number of methoxy groups -OCH3 is 1. The first-order chi connectivity index (χ1) is 12.3. The van der Waals surface area contributed by atoms with E-state index in [9.17, 15) is 25.5 Å². The van der Waals surface area contributed by atoms with Gasteiger partial charge in [0, 0.05) is 17.9 Å². The molecule has 0 aromatic rings. The molecule has 0 aromatic carbocycles. The SMILES string of the molecule is CO[C@H]1OC(CO)[C@@H](O[C@H]2OC(CN=[N+]=[N-])[C@@H](C)[C@H](O)C2O)[C@H](O)C1O. The van der Waals surface area contributed by atoms with Gasteiger partial charge in [0.1, 0.15) is 30.5 Å². The zero-order valence-electron chi connectivity index (χ0n) is 14.4. The minimum absolute atomic E-state index is 0.0944. The number of hydrogen-bond donors (Lipinski definition) is 5. The summed E-state index contributed by atoms with van der Waals surface area (Å²) in [5, 5.41) is 53.6. The predicted octanol–water partition coefficient (Wildman–Crippen LogP) is -2.15. The molecule has 0 amide bonds. The van der Waals surface area contributed by atoms with E-state index < -0.39 is 67.8 Å². The first kappa shape index (κ1) is 21.3. The molecule has 2 aliphatic rings. The van der Waals surface area contributed by atoms with Crippen LogP contribution >= 0.6 is 0 Å². The maximum Gasteiger partial charge on any atom is 0.186 e. The molecule has 26 heavy (non-hydrogen) atoms. The fourth-order valence-corrected chi connectivity index (χ4v) is 3.08. The number of rotatable bonds is 6. The summed E-state index contributed by atoms with van der Waals surface area (Å²) in [4.78, 5) is 2.63. The van der Waals surface area contributed by atoms with Crippen molar-refractivity contribution in [1.82, 2.24) is 0 Å². The molecule has 0 spiro atoms. The number of azide groups is 1. The highest BCUT2D eigenvalue weighted by Gasteiger charge is 2.49. The molecule has 0 radical (unpaired) electrons. The topological polar surface area (TPSA) is 187 Å². The standard InChI is InChI=1S/C14H25N3O9/c1-5-6(3-16-17-15)24-14(10(21)8(5)19)26-12-7(4-18)25-13(23-2)11(22)9(12)20/h5-14,18-22H,3-4H2,1-2H3/t5-,6?,7?,8+,9-,10?,11?,12-,13+,14-/m1/s1. The Morgan fingerprint density at radius 1 is 1.00 bits per heavy atom. The normalized spacial score (nSPS) is 46.6. The Kier molecular flexibility index (Phi) is 7.55. The molecular formula is C14H25N3O9. The highest BCUT2D eigenvalue weighted by atomic mass is 16.7. The molecule has 12 heteroatoms. The van der Waals surface area contributed by atoms with Crippen molar-refractivity contribution in [2.45, 2.75) is 62.2 Å². The highest BCUT2D eigenvalue weighted by molar-refractivity contribution is 4.93. The van der Waals surface area contributed by atoms with Gasteiger partial charge in [-0.1, -0.05) is 12.0 Å². The van der Waals surface area contributed by atoms with Gasteiger partial charge in [0.15, 0.2) is 12.6 Å². The Morgan fingerprint density at radius 2 is 1.62 bits per heavy atom. The smallest absolute Gasteiger partial charge is 0.186 e. The van der Waals surface area contributed by atoms with Gasteiger partial charge in [-0.3, -0.25) is 0 Å². The van der Waals surface area contributed by atoms with E-state index in [0.29, 0.717) is 0 Å². The van der Waals surface area contributed by atoms with Crippen molar-refractivity contribution in [3.05, 3.63) is 10.4 Å². The van der Waals surface area contributed by atoms with Crippen molar-refractivity contribution >= 4 is 0 Å². The molecule has 2 aliphatic heterocycles. The molecule has 2 saturated heterocycles. The first-order valence-electron chi connectivity index (χ1n) is 8.18. The van der Waals surface area contributed by atoms with Crippen LogP contribution in [0, 0.1) is 5.92 Å². The molecule has 0 aromatic heterocycles. The van der Waals surface area contributed by atoms with E-state index in [1.165, 1.54) is 7.11 Å². The van der Waals surface area contributed by atoms with Gasteiger partial charge in [0.25, 0.3) is 0 Å². The Hall–Kier alpha value is -1.05. The lowest BCUT2D eigenvalue weighted by Gasteiger charge is -2.46. The minimum Gasteiger partial charge on any atom is -0.394 e. The number of ether oxygens (including phenoxy) is 4. The van der Waals surface area contributed by atoms with Crippen LogP contribution in [-0.2, 0) is 18.9 Å². The summed E-state index contributed by atoms with van der Waals surface area (Å²) < 4.78 is 21.3. The van der Waals surface area contributed by atoms with Crippen LogP contribution in [0.25, 0.3) is 10.4 Å². The molecule has 2 heterocycles. The minimum atomic E-state index is -1.51. The van der Waals surface area contributed by atoms with Gasteiger partial charge in [0.2, 0.25) is 0 Å².